The smallest absolute Gasteiger partial charge is 0.322 e. The summed E-state index contributed by atoms with van der Waals surface area (Å²) in [4.78, 5) is 35.9. The van der Waals surface area contributed by atoms with Crippen molar-refractivity contribution in [2.24, 2.45) is 5.92 Å². The fourth-order valence-electron chi connectivity index (χ4n) is 3.74. The zero-order valence-corrected chi connectivity index (χ0v) is 19.0. The predicted octanol–water partition coefficient (Wildman–Crippen LogP) is 0.312. The van der Waals surface area contributed by atoms with Gasteiger partial charge in [-0.3, -0.25) is 18.9 Å². The summed E-state index contributed by atoms with van der Waals surface area (Å²) in [7, 11) is -4.02. The monoisotopic (exact) mass is 480 g/mol. The van der Waals surface area contributed by atoms with Crippen molar-refractivity contribution >= 4 is 27.9 Å². The van der Waals surface area contributed by atoms with E-state index in [0.29, 0.717) is 19.5 Å². The highest BCUT2D eigenvalue weighted by Crippen LogP contribution is 2.23. The molecule has 2 fully saturated rings. The van der Waals surface area contributed by atoms with E-state index in [1.165, 1.54) is 12.1 Å². The largest absolute Gasteiger partial charge is 0.480 e. The molecule has 2 amide bonds. The van der Waals surface area contributed by atoms with Crippen LogP contribution >= 0.6 is 0 Å². The second-order valence-electron chi connectivity index (χ2n) is 8.04. The SMILES string of the molecule is Cc1ccc(S(=O)(=O)O)cc1.N#C[C@@H]1CCCN1C(=O)[C@@H]1C[C@H](CC(=O)NCC(=O)O)CN1. The first kappa shape index (κ1) is 26.2. The van der Waals surface area contributed by atoms with E-state index in [-0.39, 0.29) is 47.7 Å². The number of likely N-dealkylation sites (tertiary alicyclic amines) is 1. The quantitative estimate of drug-likeness (QED) is 0.417. The molecular formula is C21H28N4O7S. The molecule has 33 heavy (non-hydrogen) atoms. The van der Waals surface area contributed by atoms with Crippen molar-refractivity contribution in [1.29, 1.82) is 5.26 Å². The van der Waals surface area contributed by atoms with Gasteiger partial charge in [0.1, 0.15) is 12.6 Å². The number of hydrogen-bond donors (Lipinski definition) is 4. The Balaban J connectivity index is 0.000000294. The van der Waals surface area contributed by atoms with Crippen LogP contribution in [0.1, 0.15) is 31.2 Å². The van der Waals surface area contributed by atoms with E-state index in [4.69, 9.17) is 14.9 Å². The highest BCUT2D eigenvalue weighted by Gasteiger charge is 2.37. The number of aliphatic carboxylic acids is 1. The molecule has 0 aliphatic carbocycles. The first-order valence-corrected chi connectivity index (χ1v) is 11.9. The van der Waals surface area contributed by atoms with Crippen LogP contribution < -0.4 is 10.6 Å². The van der Waals surface area contributed by atoms with Crippen LogP contribution in [0.2, 0.25) is 0 Å². The second kappa shape index (κ2) is 11.7. The Hall–Kier alpha value is -3.01. The van der Waals surface area contributed by atoms with Crippen LogP contribution in [0.25, 0.3) is 0 Å². The van der Waals surface area contributed by atoms with Crippen LogP contribution in [0.4, 0.5) is 0 Å². The molecule has 2 aliphatic heterocycles. The van der Waals surface area contributed by atoms with Crippen LogP contribution in [0.15, 0.2) is 29.2 Å². The molecule has 0 aromatic heterocycles. The summed E-state index contributed by atoms with van der Waals surface area (Å²) in [5.41, 5.74) is 0.956. The minimum Gasteiger partial charge on any atom is -0.480 e. The molecule has 180 valence electrons. The van der Waals surface area contributed by atoms with Gasteiger partial charge in [-0.15, -0.1) is 0 Å². The Morgan fingerprint density at radius 2 is 1.94 bits per heavy atom. The van der Waals surface area contributed by atoms with Gasteiger partial charge in [0.05, 0.1) is 17.0 Å². The van der Waals surface area contributed by atoms with Gasteiger partial charge in [-0.25, -0.2) is 0 Å². The summed E-state index contributed by atoms with van der Waals surface area (Å²) in [5, 5.41) is 23.0. The molecule has 1 aromatic carbocycles. The standard InChI is InChI=1S/C14H20N4O4.C7H8O3S/c15-6-10-2-1-3-18(10)14(22)11-4-9(7-16-11)5-12(19)17-8-13(20)21;1-6-2-4-7(5-3-6)11(8,9)10/h9-11,16H,1-5,7-8H2,(H,17,19)(H,20,21);2-5H,1H3,(H,8,9,10)/t9-,10+,11+;/m1./s1. The maximum atomic E-state index is 12.4. The van der Waals surface area contributed by atoms with Crippen molar-refractivity contribution in [3.8, 4) is 6.07 Å². The Morgan fingerprint density at radius 3 is 2.52 bits per heavy atom. The molecule has 3 atom stereocenters. The van der Waals surface area contributed by atoms with Crippen molar-refractivity contribution in [3.05, 3.63) is 29.8 Å². The number of benzene rings is 1. The third kappa shape index (κ3) is 8.12. The molecule has 0 unspecified atom stereocenters. The predicted molar refractivity (Wildman–Crippen MR) is 117 cm³/mol. The fourth-order valence-corrected chi connectivity index (χ4v) is 4.22. The second-order valence-corrected chi connectivity index (χ2v) is 9.47. The lowest BCUT2D eigenvalue weighted by Gasteiger charge is -2.23. The van der Waals surface area contributed by atoms with Gasteiger partial charge in [0, 0.05) is 13.0 Å². The molecule has 0 saturated carbocycles. The van der Waals surface area contributed by atoms with Gasteiger partial charge in [-0.05, 0) is 50.8 Å². The van der Waals surface area contributed by atoms with Crippen molar-refractivity contribution in [2.75, 3.05) is 19.6 Å². The fraction of sp³-hybridized carbons (Fsp3) is 0.524. The van der Waals surface area contributed by atoms with Crippen molar-refractivity contribution < 1.29 is 32.5 Å². The summed E-state index contributed by atoms with van der Waals surface area (Å²) in [6.45, 7) is 2.60. The third-order valence-corrected chi connectivity index (χ3v) is 6.30. The lowest BCUT2D eigenvalue weighted by Crippen LogP contribution is -2.45. The average Bonchev–Trinajstić information content (AvgIpc) is 3.41. The van der Waals surface area contributed by atoms with E-state index in [1.807, 2.05) is 6.92 Å². The summed E-state index contributed by atoms with van der Waals surface area (Å²) in [6, 6.07) is 7.44. The van der Waals surface area contributed by atoms with Crippen molar-refractivity contribution in [1.82, 2.24) is 15.5 Å². The lowest BCUT2D eigenvalue weighted by molar-refractivity contribution is -0.138. The van der Waals surface area contributed by atoms with Gasteiger partial charge >= 0.3 is 5.97 Å². The number of hydrogen-bond acceptors (Lipinski definition) is 7. The topological polar surface area (TPSA) is 177 Å². The zero-order chi connectivity index (χ0) is 24.6. The number of carboxylic acids is 1. The number of nitriles is 1. The van der Waals surface area contributed by atoms with Crippen LogP contribution in [-0.2, 0) is 24.5 Å². The van der Waals surface area contributed by atoms with Gasteiger partial charge in [0.2, 0.25) is 11.8 Å². The number of nitrogens with zero attached hydrogens (tertiary/aromatic N) is 2. The molecule has 0 radical (unpaired) electrons. The molecule has 11 nitrogen and oxygen atoms in total. The summed E-state index contributed by atoms with van der Waals surface area (Å²) < 4.78 is 29.6. The number of amides is 2. The molecule has 0 spiro atoms. The highest BCUT2D eigenvalue weighted by atomic mass is 32.2. The number of carbonyl (C=O) groups is 3. The van der Waals surface area contributed by atoms with Crippen molar-refractivity contribution in [2.45, 2.75) is 49.6 Å². The molecule has 0 bridgehead atoms. The Labute approximate surface area is 192 Å². The van der Waals surface area contributed by atoms with Gasteiger partial charge in [-0.1, -0.05) is 17.7 Å². The van der Waals surface area contributed by atoms with E-state index in [9.17, 15) is 22.8 Å². The van der Waals surface area contributed by atoms with E-state index in [1.54, 1.807) is 17.0 Å². The number of nitrogens with one attached hydrogen (secondary N) is 2. The number of rotatable bonds is 6. The van der Waals surface area contributed by atoms with Crippen molar-refractivity contribution in [3.63, 3.8) is 0 Å². The minimum absolute atomic E-state index is 0.00545. The molecule has 2 heterocycles. The maximum absolute atomic E-state index is 12.4. The molecule has 1 aromatic rings. The average molecular weight is 481 g/mol. The third-order valence-electron chi connectivity index (χ3n) is 5.43. The van der Waals surface area contributed by atoms with Gasteiger partial charge < -0.3 is 20.6 Å². The van der Waals surface area contributed by atoms with E-state index in [0.717, 1.165) is 18.4 Å². The molecule has 3 rings (SSSR count). The summed E-state index contributed by atoms with van der Waals surface area (Å²) in [6.07, 6.45) is 2.30. The normalized spacial score (nSPS) is 22.1. The Bertz CT molecular complexity index is 1000. The first-order valence-electron chi connectivity index (χ1n) is 10.5. The van der Waals surface area contributed by atoms with Crippen LogP contribution in [0, 0.1) is 24.2 Å². The maximum Gasteiger partial charge on any atom is 0.322 e. The van der Waals surface area contributed by atoms with E-state index >= 15 is 0 Å². The molecule has 12 heteroatoms. The van der Waals surface area contributed by atoms with Crippen LogP contribution in [0.5, 0.6) is 0 Å². The Morgan fingerprint density at radius 1 is 1.27 bits per heavy atom. The van der Waals surface area contributed by atoms with E-state index in [2.05, 4.69) is 16.7 Å². The number of carbonyl (C=O) groups excluding carboxylic acids is 2. The molecule has 2 saturated heterocycles. The number of aryl methyl sites for hydroxylation is 1. The molecular weight excluding hydrogens is 452 g/mol. The summed E-state index contributed by atoms with van der Waals surface area (Å²) in [5.74, 6) is -1.47. The minimum atomic E-state index is -4.02. The van der Waals surface area contributed by atoms with Crippen LogP contribution in [-0.4, -0.2) is 72.5 Å². The van der Waals surface area contributed by atoms with E-state index < -0.39 is 16.1 Å². The lowest BCUT2D eigenvalue weighted by atomic mass is 10.0. The molecule has 4 N–H and O–H groups in total. The zero-order valence-electron chi connectivity index (χ0n) is 18.2. The highest BCUT2D eigenvalue weighted by molar-refractivity contribution is 7.85. The number of carboxylic acid groups (broad SMARTS) is 1. The summed E-state index contributed by atoms with van der Waals surface area (Å²) >= 11 is 0. The molecule has 2 aliphatic rings. The van der Waals surface area contributed by atoms with Crippen LogP contribution in [0.3, 0.4) is 0 Å². The Kier molecular flexibility index (Phi) is 9.33. The van der Waals surface area contributed by atoms with Gasteiger partial charge in [0.15, 0.2) is 0 Å². The van der Waals surface area contributed by atoms with Gasteiger partial charge in [0.25, 0.3) is 10.1 Å². The van der Waals surface area contributed by atoms with Gasteiger partial charge in [-0.2, -0.15) is 13.7 Å². The first-order chi connectivity index (χ1) is 15.5.